The number of nitrogens with zero attached hydrogens (tertiary/aromatic N) is 2. The summed E-state index contributed by atoms with van der Waals surface area (Å²) in [6, 6.07) is 14.0. The van der Waals surface area contributed by atoms with Gasteiger partial charge >= 0.3 is 0 Å². The topological polar surface area (TPSA) is 76.2 Å². The Kier molecular flexibility index (Phi) is 6.44. The molecule has 0 N–H and O–H groups in total. The van der Waals surface area contributed by atoms with Gasteiger partial charge in [0.25, 0.3) is 0 Å². The van der Waals surface area contributed by atoms with Crippen molar-refractivity contribution in [1.82, 2.24) is 4.31 Å². The maximum atomic E-state index is 13.0. The lowest BCUT2D eigenvalue weighted by molar-refractivity contribution is -0.123. The normalized spacial score (nSPS) is 15.7. The Labute approximate surface area is 171 Å². The molecule has 0 saturated carbocycles. The number of anilines is 1. The molecule has 8 heteroatoms. The Balaban J connectivity index is 1.69. The van der Waals surface area contributed by atoms with Crippen LogP contribution in [0.4, 0.5) is 5.69 Å². The van der Waals surface area contributed by atoms with E-state index in [4.69, 9.17) is 9.47 Å². The van der Waals surface area contributed by atoms with Crippen LogP contribution in [0.3, 0.4) is 0 Å². The second-order valence-electron chi connectivity index (χ2n) is 6.93. The molecule has 0 spiro atoms. The minimum absolute atomic E-state index is 0.0133. The van der Waals surface area contributed by atoms with Gasteiger partial charge < -0.3 is 14.4 Å². The third kappa shape index (κ3) is 4.38. The van der Waals surface area contributed by atoms with Crippen molar-refractivity contribution in [2.45, 2.75) is 17.7 Å². The molecule has 1 fully saturated rings. The quantitative estimate of drug-likeness (QED) is 0.721. The standard InChI is InChI=1S/C21H26N2O5S/c1-22(17-7-5-4-6-8-17)21(24)16-11-13-23(14-12-16)29(25,26)18-9-10-19(27-2)20(15-18)28-3/h4-10,15-16H,11-14H2,1-3H3. The number of hydrogen-bond acceptors (Lipinski definition) is 5. The van der Waals surface area contributed by atoms with E-state index >= 15 is 0 Å². The molecule has 0 aliphatic carbocycles. The highest BCUT2D eigenvalue weighted by Crippen LogP contribution is 2.32. The summed E-state index contributed by atoms with van der Waals surface area (Å²) in [4.78, 5) is 14.6. The predicted molar refractivity (Wildman–Crippen MR) is 111 cm³/mol. The van der Waals surface area contributed by atoms with Crippen LogP contribution in [0.5, 0.6) is 11.5 Å². The number of sulfonamides is 1. The highest BCUT2D eigenvalue weighted by Gasteiger charge is 2.33. The third-order valence-corrected chi connectivity index (χ3v) is 7.16. The molecular weight excluding hydrogens is 392 g/mol. The first kappa shape index (κ1) is 21.1. The lowest BCUT2D eigenvalue weighted by atomic mass is 9.96. The minimum Gasteiger partial charge on any atom is -0.493 e. The molecule has 1 saturated heterocycles. The first-order chi connectivity index (χ1) is 13.9. The summed E-state index contributed by atoms with van der Waals surface area (Å²) >= 11 is 0. The Morgan fingerprint density at radius 3 is 2.21 bits per heavy atom. The SMILES string of the molecule is COc1ccc(S(=O)(=O)N2CCC(C(=O)N(C)c3ccccc3)CC2)cc1OC. The molecule has 29 heavy (non-hydrogen) atoms. The highest BCUT2D eigenvalue weighted by atomic mass is 32.2. The van der Waals surface area contributed by atoms with Gasteiger partial charge in [-0.2, -0.15) is 4.31 Å². The van der Waals surface area contributed by atoms with Crippen molar-refractivity contribution in [2.24, 2.45) is 5.92 Å². The summed E-state index contributed by atoms with van der Waals surface area (Å²) in [7, 11) is 1.05. The van der Waals surface area contributed by atoms with E-state index < -0.39 is 10.0 Å². The Bertz CT molecular complexity index is 954. The second-order valence-corrected chi connectivity index (χ2v) is 8.87. The van der Waals surface area contributed by atoms with Crippen LogP contribution in [0.25, 0.3) is 0 Å². The van der Waals surface area contributed by atoms with E-state index in [-0.39, 0.29) is 16.7 Å². The molecule has 3 rings (SSSR count). The van der Waals surface area contributed by atoms with Gasteiger partial charge in [-0.3, -0.25) is 4.79 Å². The van der Waals surface area contributed by atoms with Gasteiger partial charge in [0, 0.05) is 37.8 Å². The van der Waals surface area contributed by atoms with Crippen molar-refractivity contribution < 1.29 is 22.7 Å². The summed E-state index contributed by atoms with van der Waals surface area (Å²) in [5.74, 6) is 0.652. The summed E-state index contributed by atoms with van der Waals surface area (Å²) < 4.78 is 37.9. The van der Waals surface area contributed by atoms with Crippen molar-refractivity contribution in [2.75, 3.05) is 39.3 Å². The smallest absolute Gasteiger partial charge is 0.243 e. The summed E-state index contributed by atoms with van der Waals surface area (Å²) in [6.07, 6.45) is 0.977. The van der Waals surface area contributed by atoms with Gasteiger partial charge in [-0.25, -0.2) is 8.42 Å². The second kappa shape index (κ2) is 8.84. The van der Waals surface area contributed by atoms with Crippen LogP contribution in [0.2, 0.25) is 0 Å². The molecule has 1 heterocycles. The number of para-hydroxylation sites is 1. The molecule has 2 aromatic carbocycles. The minimum atomic E-state index is -3.67. The largest absolute Gasteiger partial charge is 0.493 e. The summed E-state index contributed by atoms with van der Waals surface area (Å²) in [6.45, 7) is 0.603. The summed E-state index contributed by atoms with van der Waals surface area (Å²) in [5, 5.41) is 0. The molecule has 0 radical (unpaired) electrons. The molecule has 0 atom stereocenters. The number of ether oxygens (including phenoxy) is 2. The predicted octanol–water partition coefficient (Wildman–Crippen LogP) is 2.77. The molecule has 1 aliphatic rings. The number of hydrogen-bond donors (Lipinski definition) is 0. The molecule has 2 aromatic rings. The van der Waals surface area contributed by atoms with E-state index in [1.807, 2.05) is 30.3 Å². The number of benzene rings is 2. The number of carbonyl (C=O) groups excluding carboxylic acids is 1. The van der Waals surface area contributed by atoms with Crippen molar-refractivity contribution in [1.29, 1.82) is 0 Å². The van der Waals surface area contributed by atoms with Crippen molar-refractivity contribution in [3.63, 3.8) is 0 Å². The fraction of sp³-hybridized carbons (Fsp3) is 0.381. The number of amides is 1. The van der Waals surface area contributed by atoms with Gasteiger partial charge in [-0.1, -0.05) is 18.2 Å². The van der Waals surface area contributed by atoms with Crippen LogP contribution in [0.15, 0.2) is 53.4 Å². The van der Waals surface area contributed by atoms with Crippen molar-refractivity contribution in [3.05, 3.63) is 48.5 Å². The first-order valence-electron chi connectivity index (χ1n) is 9.43. The van der Waals surface area contributed by atoms with Crippen LogP contribution in [-0.2, 0) is 14.8 Å². The maximum Gasteiger partial charge on any atom is 0.243 e. The first-order valence-corrected chi connectivity index (χ1v) is 10.9. The zero-order valence-electron chi connectivity index (χ0n) is 16.9. The number of methoxy groups -OCH3 is 2. The molecule has 0 unspecified atom stereocenters. The maximum absolute atomic E-state index is 13.0. The Morgan fingerprint density at radius 1 is 1.00 bits per heavy atom. The zero-order chi connectivity index (χ0) is 21.0. The fourth-order valence-electron chi connectivity index (χ4n) is 3.52. The molecular formula is C21H26N2O5S. The van der Waals surface area contributed by atoms with Gasteiger partial charge in [0.1, 0.15) is 0 Å². The summed E-state index contributed by atoms with van der Waals surface area (Å²) in [5.41, 5.74) is 0.831. The van der Waals surface area contributed by atoms with E-state index in [0.717, 1.165) is 5.69 Å². The molecule has 7 nitrogen and oxygen atoms in total. The number of piperidine rings is 1. The van der Waals surface area contributed by atoms with E-state index in [9.17, 15) is 13.2 Å². The third-order valence-electron chi connectivity index (χ3n) is 5.27. The fourth-order valence-corrected chi connectivity index (χ4v) is 5.01. The van der Waals surface area contributed by atoms with Gasteiger partial charge in [0.2, 0.25) is 15.9 Å². The van der Waals surface area contributed by atoms with E-state index in [1.54, 1.807) is 18.0 Å². The molecule has 1 amide bonds. The molecule has 0 bridgehead atoms. The molecule has 156 valence electrons. The molecule has 1 aliphatic heterocycles. The van der Waals surface area contributed by atoms with Crippen molar-refractivity contribution >= 4 is 21.6 Å². The van der Waals surface area contributed by atoms with E-state index in [1.165, 1.54) is 30.7 Å². The zero-order valence-corrected chi connectivity index (χ0v) is 17.7. The van der Waals surface area contributed by atoms with Gasteiger partial charge in [-0.05, 0) is 37.1 Å². The van der Waals surface area contributed by atoms with Gasteiger partial charge in [-0.15, -0.1) is 0 Å². The monoisotopic (exact) mass is 418 g/mol. The van der Waals surface area contributed by atoms with Crippen LogP contribution >= 0.6 is 0 Å². The van der Waals surface area contributed by atoms with E-state index in [2.05, 4.69) is 0 Å². The average molecular weight is 419 g/mol. The van der Waals surface area contributed by atoms with Crippen molar-refractivity contribution in [3.8, 4) is 11.5 Å². The van der Waals surface area contributed by atoms with Gasteiger partial charge in [0.05, 0.1) is 19.1 Å². The lowest BCUT2D eigenvalue weighted by Crippen LogP contribution is -2.43. The average Bonchev–Trinajstić information content (AvgIpc) is 2.78. The number of rotatable bonds is 6. The van der Waals surface area contributed by atoms with Gasteiger partial charge in [0.15, 0.2) is 11.5 Å². The highest BCUT2D eigenvalue weighted by molar-refractivity contribution is 7.89. The van der Waals surface area contributed by atoms with Crippen LogP contribution in [0.1, 0.15) is 12.8 Å². The number of carbonyl (C=O) groups is 1. The molecule has 0 aromatic heterocycles. The Hall–Kier alpha value is -2.58. The van der Waals surface area contributed by atoms with E-state index in [0.29, 0.717) is 37.4 Å². The lowest BCUT2D eigenvalue weighted by Gasteiger charge is -2.32. The Morgan fingerprint density at radius 2 is 1.62 bits per heavy atom. The van der Waals surface area contributed by atoms with Crippen LogP contribution < -0.4 is 14.4 Å². The van der Waals surface area contributed by atoms with Crippen LogP contribution in [0, 0.1) is 5.92 Å². The van der Waals surface area contributed by atoms with Crippen LogP contribution in [-0.4, -0.2) is 53.0 Å².